The van der Waals surface area contributed by atoms with Crippen molar-refractivity contribution in [2.75, 3.05) is 32.7 Å². The van der Waals surface area contributed by atoms with Gasteiger partial charge in [-0.2, -0.15) is 0 Å². The van der Waals surface area contributed by atoms with E-state index < -0.39 is 5.97 Å². The Hall–Kier alpha value is -3.02. The largest absolute Gasteiger partial charge is 0.484 e. The maximum Gasteiger partial charge on any atom is 0.337 e. The van der Waals surface area contributed by atoms with Crippen LogP contribution in [0, 0.1) is 0 Å². The van der Waals surface area contributed by atoms with Gasteiger partial charge < -0.3 is 19.7 Å². The van der Waals surface area contributed by atoms with Crippen molar-refractivity contribution in [2.24, 2.45) is 0 Å². The number of nitrogens with zero attached hydrogens (tertiary/aromatic N) is 1. The number of carbonyl (C=O) groups is 2. The molecule has 0 aromatic heterocycles. The second-order valence-corrected chi connectivity index (χ2v) is 5.64. The third-order valence-electron chi connectivity index (χ3n) is 3.59. The third-order valence-corrected chi connectivity index (χ3v) is 3.59. The van der Waals surface area contributed by atoms with Gasteiger partial charge in [-0.05, 0) is 42.0 Å². The fourth-order valence-corrected chi connectivity index (χ4v) is 2.12. The number of carbonyl (C=O) groups excluding carboxylic acids is 2. The first-order valence-electron chi connectivity index (χ1n) is 7.83. The van der Waals surface area contributed by atoms with Crippen LogP contribution in [0.1, 0.15) is 15.9 Å². The van der Waals surface area contributed by atoms with Crippen LogP contribution in [0.25, 0.3) is 0 Å². The number of nitrogens with one attached hydrogen (secondary N) is 1. The van der Waals surface area contributed by atoms with Crippen molar-refractivity contribution in [3.63, 3.8) is 0 Å². The van der Waals surface area contributed by atoms with Crippen LogP contribution in [0.4, 0.5) is 5.69 Å². The average molecular weight is 342 g/mol. The first-order chi connectivity index (χ1) is 12.0. The Morgan fingerprint density at radius 3 is 2.20 bits per heavy atom. The molecule has 0 fully saturated rings. The molecule has 6 nitrogen and oxygen atoms in total. The number of anilines is 1. The Labute approximate surface area is 147 Å². The highest BCUT2D eigenvalue weighted by Crippen LogP contribution is 2.13. The van der Waals surface area contributed by atoms with Crippen LogP contribution >= 0.6 is 0 Å². The zero-order chi connectivity index (χ0) is 18.2. The standard InChI is InChI=1S/C19H22N2O4/c1-21(2)16-8-4-14(5-9-16)12-20-18(22)13-25-17-10-6-15(7-11-17)19(23)24-3/h4-11H,12-13H2,1-3H3,(H,20,22). The fraction of sp³-hybridized carbons (Fsp3) is 0.263. The van der Waals surface area contributed by atoms with Crippen molar-refractivity contribution in [2.45, 2.75) is 6.54 Å². The summed E-state index contributed by atoms with van der Waals surface area (Å²) in [4.78, 5) is 25.2. The average Bonchev–Trinajstić information content (AvgIpc) is 2.64. The summed E-state index contributed by atoms with van der Waals surface area (Å²) in [6.45, 7) is 0.352. The number of esters is 1. The second kappa shape index (κ2) is 8.73. The van der Waals surface area contributed by atoms with Gasteiger partial charge in [-0.25, -0.2) is 4.79 Å². The van der Waals surface area contributed by atoms with E-state index >= 15 is 0 Å². The molecule has 1 amide bonds. The summed E-state index contributed by atoms with van der Waals surface area (Å²) < 4.78 is 10.0. The molecule has 0 heterocycles. The number of hydrogen-bond donors (Lipinski definition) is 1. The molecule has 25 heavy (non-hydrogen) atoms. The lowest BCUT2D eigenvalue weighted by atomic mass is 10.2. The molecule has 0 bridgehead atoms. The molecule has 0 aliphatic rings. The van der Waals surface area contributed by atoms with E-state index in [9.17, 15) is 9.59 Å². The predicted octanol–water partition coefficient (Wildman–Crippen LogP) is 2.23. The van der Waals surface area contributed by atoms with Gasteiger partial charge >= 0.3 is 5.97 Å². The summed E-state index contributed by atoms with van der Waals surface area (Å²) in [7, 11) is 5.28. The molecular weight excluding hydrogens is 320 g/mol. The lowest BCUT2D eigenvalue weighted by Crippen LogP contribution is -2.28. The number of rotatable bonds is 7. The molecule has 0 unspecified atom stereocenters. The van der Waals surface area contributed by atoms with Gasteiger partial charge in [0.2, 0.25) is 0 Å². The summed E-state index contributed by atoms with van der Waals surface area (Å²) in [6, 6.07) is 14.4. The van der Waals surface area contributed by atoms with Crippen molar-refractivity contribution < 1.29 is 19.1 Å². The maximum absolute atomic E-state index is 11.9. The molecule has 0 atom stereocenters. The third kappa shape index (κ3) is 5.53. The van der Waals surface area contributed by atoms with E-state index in [0.29, 0.717) is 17.9 Å². The SMILES string of the molecule is COC(=O)c1ccc(OCC(=O)NCc2ccc(N(C)C)cc2)cc1. The van der Waals surface area contributed by atoms with Crippen molar-refractivity contribution in [1.29, 1.82) is 0 Å². The lowest BCUT2D eigenvalue weighted by Gasteiger charge is -2.13. The molecular formula is C19H22N2O4. The molecule has 2 aromatic carbocycles. The highest BCUT2D eigenvalue weighted by Gasteiger charge is 2.06. The van der Waals surface area contributed by atoms with E-state index in [1.165, 1.54) is 7.11 Å². The van der Waals surface area contributed by atoms with E-state index in [1.807, 2.05) is 43.3 Å². The van der Waals surface area contributed by atoms with Crippen LogP contribution in [0.5, 0.6) is 5.75 Å². The Bertz CT molecular complexity index is 709. The number of amides is 1. The van der Waals surface area contributed by atoms with Gasteiger partial charge in [0.25, 0.3) is 5.91 Å². The summed E-state index contributed by atoms with van der Waals surface area (Å²) in [5.74, 6) is -0.114. The maximum atomic E-state index is 11.9. The van der Waals surface area contributed by atoms with Gasteiger partial charge in [0.15, 0.2) is 6.61 Å². The van der Waals surface area contributed by atoms with Crippen LogP contribution in [-0.2, 0) is 16.1 Å². The van der Waals surface area contributed by atoms with Crippen molar-refractivity contribution in [1.82, 2.24) is 5.32 Å². The minimum absolute atomic E-state index is 0.0899. The highest BCUT2D eigenvalue weighted by molar-refractivity contribution is 5.89. The van der Waals surface area contributed by atoms with Gasteiger partial charge in [0, 0.05) is 26.3 Å². The molecule has 6 heteroatoms. The molecule has 0 aliphatic heterocycles. The van der Waals surface area contributed by atoms with Crippen LogP contribution < -0.4 is 15.0 Å². The molecule has 2 rings (SSSR count). The number of hydrogen-bond acceptors (Lipinski definition) is 5. The molecule has 0 spiro atoms. The normalized spacial score (nSPS) is 10.0. The summed E-state index contributed by atoms with van der Waals surface area (Å²) in [6.07, 6.45) is 0. The summed E-state index contributed by atoms with van der Waals surface area (Å²) in [5.41, 5.74) is 2.55. The van der Waals surface area contributed by atoms with E-state index in [4.69, 9.17) is 4.74 Å². The molecule has 132 valence electrons. The quantitative estimate of drug-likeness (QED) is 0.782. The van der Waals surface area contributed by atoms with Gasteiger partial charge in [-0.1, -0.05) is 12.1 Å². The molecule has 2 aromatic rings. The van der Waals surface area contributed by atoms with Gasteiger partial charge in [0.05, 0.1) is 12.7 Å². The zero-order valence-electron chi connectivity index (χ0n) is 14.6. The predicted molar refractivity (Wildman–Crippen MR) is 95.9 cm³/mol. The van der Waals surface area contributed by atoms with Gasteiger partial charge in [0.1, 0.15) is 5.75 Å². The van der Waals surface area contributed by atoms with E-state index in [-0.39, 0.29) is 12.5 Å². The van der Waals surface area contributed by atoms with E-state index in [2.05, 4.69) is 10.1 Å². The Morgan fingerprint density at radius 2 is 1.64 bits per heavy atom. The van der Waals surface area contributed by atoms with Gasteiger partial charge in [-0.15, -0.1) is 0 Å². The monoisotopic (exact) mass is 342 g/mol. The fourth-order valence-electron chi connectivity index (χ4n) is 2.12. The minimum Gasteiger partial charge on any atom is -0.484 e. The number of methoxy groups -OCH3 is 1. The van der Waals surface area contributed by atoms with Crippen molar-refractivity contribution in [3.8, 4) is 5.75 Å². The van der Waals surface area contributed by atoms with Crippen LogP contribution in [-0.4, -0.2) is 39.7 Å². The Kier molecular flexibility index (Phi) is 6.39. The Morgan fingerprint density at radius 1 is 1.00 bits per heavy atom. The van der Waals surface area contributed by atoms with Crippen molar-refractivity contribution in [3.05, 3.63) is 59.7 Å². The number of benzene rings is 2. The second-order valence-electron chi connectivity index (χ2n) is 5.64. The lowest BCUT2D eigenvalue weighted by molar-refractivity contribution is -0.123. The summed E-state index contributed by atoms with van der Waals surface area (Å²) >= 11 is 0. The molecule has 0 aliphatic carbocycles. The molecule has 0 saturated carbocycles. The van der Waals surface area contributed by atoms with Crippen LogP contribution in [0.2, 0.25) is 0 Å². The van der Waals surface area contributed by atoms with E-state index in [0.717, 1.165) is 11.3 Å². The first kappa shape index (κ1) is 18.3. The van der Waals surface area contributed by atoms with Crippen LogP contribution in [0.15, 0.2) is 48.5 Å². The number of ether oxygens (including phenoxy) is 2. The zero-order valence-corrected chi connectivity index (χ0v) is 14.6. The minimum atomic E-state index is -0.412. The van der Waals surface area contributed by atoms with E-state index in [1.54, 1.807) is 24.3 Å². The molecule has 0 radical (unpaired) electrons. The van der Waals surface area contributed by atoms with Crippen molar-refractivity contribution >= 4 is 17.6 Å². The smallest absolute Gasteiger partial charge is 0.337 e. The Balaban J connectivity index is 1.77. The molecule has 1 N–H and O–H groups in total. The molecule has 0 saturated heterocycles. The first-order valence-corrected chi connectivity index (χ1v) is 7.83. The summed E-state index contributed by atoms with van der Waals surface area (Å²) in [5, 5.41) is 2.80. The van der Waals surface area contributed by atoms with Gasteiger partial charge in [-0.3, -0.25) is 4.79 Å². The van der Waals surface area contributed by atoms with Crippen LogP contribution in [0.3, 0.4) is 0 Å². The topological polar surface area (TPSA) is 67.9 Å². The highest BCUT2D eigenvalue weighted by atomic mass is 16.5.